The Labute approximate surface area is 200 Å². The summed E-state index contributed by atoms with van der Waals surface area (Å²) in [6, 6.07) is 13.8. The molecule has 1 aliphatic carbocycles. The topological polar surface area (TPSA) is 89.8 Å². The molecule has 0 bridgehead atoms. The van der Waals surface area contributed by atoms with Crippen LogP contribution in [0.5, 0.6) is 11.5 Å². The number of aliphatic carboxylic acids is 1. The van der Waals surface area contributed by atoms with Crippen molar-refractivity contribution in [1.29, 1.82) is 0 Å². The number of nitrogens with zero attached hydrogens (tertiary/aromatic N) is 1. The van der Waals surface area contributed by atoms with Crippen LogP contribution in [-0.2, 0) is 27.0 Å². The Morgan fingerprint density at radius 2 is 1.85 bits per heavy atom. The van der Waals surface area contributed by atoms with E-state index in [2.05, 4.69) is 36.7 Å². The van der Waals surface area contributed by atoms with E-state index >= 15 is 0 Å². The van der Waals surface area contributed by atoms with Crippen molar-refractivity contribution in [2.45, 2.75) is 63.8 Å². The number of benzene rings is 2. The quantitative estimate of drug-likeness (QED) is 0.485. The largest absolute Gasteiger partial charge is 0.481 e. The maximum Gasteiger partial charge on any atom is 0.303 e. The highest BCUT2D eigenvalue weighted by atomic mass is 16.7. The Morgan fingerprint density at radius 1 is 1.09 bits per heavy atom. The van der Waals surface area contributed by atoms with Gasteiger partial charge in [-0.15, -0.1) is 0 Å². The van der Waals surface area contributed by atoms with Gasteiger partial charge in [0.25, 0.3) is 0 Å². The molecule has 0 atom stereocenters. The van der Waals surface area contributed by atoms with Crippen molar-refractivity contribution in [3.05, 3.63) is 53.7 Å². The predicted octanol–water partition coefficient (Wildman–Crippen LogP) is 5.45. The molecule has 1 aliphatic heterocycles. The van der Waals surface area contributed by atoms with Gasteiger partial charge in [0, 0.05) is 42.1 Å². The zero-order valence-corrected chi connectivity index (χ0v) is 19.8. The molecule has 7 heteroatoms. The Balaban J connectivity index is 0.00000289. The fraction of sp³-hybridized carbons (Fsp3) is 0.407. The number of anilines is 1. The zero-order valence-electron chi connectivity index (χ0n) is 19.8. The smallest absolute Gasteiger partial charge is 0.303 e. The lowest BCUT2D eigenvalue weighted by molar-refractivity contribution is -0.137. The number of nitrogens with one attached hydrogen (secondary N) is 1. The lowest BCUT2D eigenvalue weighted by Crippen LogP contribution is -2.27. The van der Waals surface area contributed by atoms with E-state index in [0.29, 0.717) is 24.5 Å². The van der Waals surface area contributed by atoms with Crippen LogP contribution in [0.3, 0.4) is 0 Å². The van der Waals surface area contributed by atoms with E-state index in [9.17, 15) is 9.59 Å². The fourth-order valence-corrected chi connectivity index (χ4v) is 4.82. The number of rotatable bonds is 7. The summed E-state index contributed by atoms with van der Waals surface area (Å²) in [5.74, 6) is 0.614. The summed E-state index contributed by atoms with van der Waals surface area (Å²) in [6.45, 7) is 7.31. The fourth-order valence-electron chi connectivity index (χ4n) is 4.82. The normalized spacial score (nSPS) is 16.0. The lowest BCUT2D eigenvalue weighted by Gasteiger charge is -2.22. The van der Waals surface area contributed by atoms with Crippen molar-refractivity contribution in [3.63, 3.8) is 0 Å². The van der Waals surface area contributed by atoms with Crippen LogP contribution in [0.25, 0.3) is 10.9 Å². The molecule has 7 nitrogen and oxygen atoms in total. The molecule has 0 spiro atoms. The minimum atomic E-state index is -0.782. The second-order valence-electron chi connectivity index (χ2n) is 10.3. The number of hydrogen-bond donors (Lipinski definition) is 2. The predicted molar refractivity (Wildman–Crippen MR) is 132 cm³/mol. The maximum atomic E-state index is 13.3. The highest BCUT2D eigenvalue weighted by Gasteiger charge is 2.51. The third kappa shape index (κ3) is 4.00. The highest BCUT2D eigenvalue weighted by molar-refractivity contribution is 6.02. The average Bonchev–Trinajstić information content (AvgIpc) is 3.31. The van der Waals surface area contributed by atoms with Crippen molar-refractivity contribution in [1.82, 2.24) is 4.57 Å². The number of carbonyl (C=O) groups is 2. The summed E-state index contributed by atoms with van der Waals surface area (Å²) < 4.78 is 13.1. The van der Waals surface area contributed by atoms with E-state index in [1.165, 1.54) is 0 Å². The summed E-state index contributed by atoms with van der Waals surface area (Å²) in [5.41, 5.74) is 3.28. The molecule has 2 N–H and O–H groups in total. The van der Waals surface area contributed by atoms with Gasteiger partial charge in [-0.1, -0.05) is 26.8 Å². The number of ether oxygens (including phenoxy) is 2. The van der Waals surface area contributed by atoms with E-state index in [1.807, 2.05) is 36.4 Å². The van der Waals surface area contributed by atoms with Gasteiger partial charge in [-0.2, -0.15) is 0 Å². The molecule has 0 saturated heterocycles. The third-order valence-corrected chi connectivity index (χ3v) is 6.81. The van der Waals surface area contributed by atoms with Gasteiger partial charge in [0.2, 0.25) is 12.7 Å². The van der Waals surface area contributed by atoms with Gasteiger partial charge in [0.15, 0.2) is 11.5 Å². The van der Waals surface area contributed by atoms with Gasteiger partial charge in [-0.3, -0.25) is 9.59 Å². The van der Waals surface area contributed by atoms with Crippen molar-refractivity contribution in [2.24, 2.45) is 0 Å². The molecular weight excluding hydrogens is 432 g/mol. The first-order valence-electron chi connectivity index (χ1n) is 11.7. The molecule has 2 heterocycles. The van der Waals surface area contributed by atoms with E-state index < -0.39 is 11.4 Å². The van der Waals surface area contributed by atoms with Crippen molar-refractivity contribution in [2.75, 3.05) is 12.1 Å². The van der Waals surface area contributed by atoms with Crippen LogP contribution in [0.2, 0.25) is 0 Å². The summed E-state index contributed by atoms with van der Waals surface area (Å²) in [6.07, 6.45) is 2.31. The van der Waals surface area contributed by atoms with Crippen molar-refractivity contribution >= 4 is 28.5 Å². The minimum absolute atomic E-state index is 0. The van der Waals surface area contributed by atoms with Gasteiger partial charge in [0.1, 0.15) is 0 Å². The SMILES string of the molecule is CC(C)(C)c1cc2cc(NC(=O)C3(c4ccc5c(c4)OCO5)CC3)ccc2n1CCCC(=O)O.[HH]. The first-order valence-corrected chi connectivity index (χ1v) is 11.7. The zero-order chi connectivity index (χ0) is 24.1. The van der Waals surface area contributed by atoms with Gasteiger partial charge < -0.3 is 24.5 Å². The summed E-state index contributed by atoms with van der Waals surface area (Å²) in [4.78, 5) is 24.3. The second kappa shape index (κ2) is 8.08. The molecule has 2 aromatic carbocycles. The number of aromatic nitrogens is 1. The number of amides is 1. The number of carboxylic acid groups (broad SMARTS) is 1. The van der Waals surface area contributed by atoms with Crippen LogP contribution in [0.4, 0.5) is 5.69 Å². The molecule has 0 unspecified atom stereocenters. The molecule has 180 valence electrons. The van der Waals surface area contributed by atoms with Crippen LogP contribution in [0.15, 0.2) is 42.5 Å². The van der Waals surface area contributed by atoms with Crippen LogP contribution >= 0.6 is 0 Å². The molecule has 1 saturated carbocycles. The first kappa shape index (κ1) is 22.3. The molecule has 2 aliphatic rings. The Morgan fingerprint density at radius 3 is 2.56 bits per heavy atom. The summed E-state index contributed by atoms with van der Waals surface area (Å²) in [7, 11) is 0. The molecular formula is C27H32N2O5. The molecule has 1 fully saturated rings. The van der Waals surface area contributed by atoms with Gasteiger partial charge in [0.05, 0.1) is 5.41 Å². The van der Waals surface area contributed by atoms with Gasteiger partial charge >= 0.3 is 5.97 Å². The second-order valence-corrected chi connectivity index (χ2v) is 10.3. The monoisotopic (exact) mass is 464 g/mol. The Kier molecular flexibility index (Phi) is 5.30. The minimum Gasteiger partial charge on any atom is -0.481 e. The molecule has 34 heavy (non-hydrogen) atoms. The lowest BCUT2D eigenvalue weighted by atomic mass is 9.92. The van der Waals surface area contributed by atoms with E-state index in [0.717, 1.165) is 40.7 Å². The van der Waals surface area contributed by atoms with Crippen molar-refractivity contribution in [3.8, 4) is 11.5 Å². The number of aryl methyl sites for hydroxylation is 1. The maximum absolute atomic E-state index is 13.3. The molecule has 3 aromatic rings. The molecule has 1 aromatic heterocycles. The first-order chi connectivity index (χ1) is 16.2. The van der Waals surface area contributed by atoms with Crippen LogP contribution in [0.1, 0.15) is 59.1 Å². The van der Waals surface area contributed by atoms with Gasteiger partial charge in [-0.25, -0.2) is 0 Å². The van der Waals surface area contributed by atoms with Crippen LogP contribution < -0.4 is 14.8 Å². The Hall–Kier alpha value is -3.48. The van der Waals surface area contributed by atoms with Crippen molar-refractivity contribution < 1.29 is 25.6 Å². The molecule has 5 rings (SSSR count). The summed E-state index contributed by atoms with van der Waals surface area (Å²) in [5, 5.41) is 13.2. The standard InChI is InChI=1S/C27H30N2O5.H2/c1-26(2,3)23-14-17-13-19(7-8-20(17)29(23)12-4-5-24(30)31)28-25(32)27(10-11-27)18-6-9-21-22(15-18)34-16-33-21;/h6-9,13-15H,4-5,10-12,16H2,1-3H3,(H,28,32)(H,30,31);1H. The average molecular weight is 465 g/mol. The number of fused-ring (bicyclic) bond motifs is 2. The number of carbonyl (C=O) groups excluding carboxylic acids is 1. The van der Waals surface area contributed by atoms with E-state index in [-0.39, 0.29) is 26.0 Å². The molecule has 0 radical (unpaired) electrons. The van der Waals surface area contributed by atoms with Crippen LogP contribution in [0, 0.1) is 0 Å². The third-order valence-electron chi connectivity index (χ3n) is 6.81. The van der Waals surface area contributed by atoms with E-state index in [1.54, 1.807) is 0 Å². The van der Waals surface area contributed by atoms with Crippen LogP contribution in [-0.4, -0.2) is 28.3 Å². The van der Waals surface area contributed by atoms with Gasteiger partial charge in [-0.05, 0) is 61.2 Å². The van der Waals surface area contributed by atoms with E-state index in [4.69, 9.17) is 14.6 Å². The Bertz CT molecular complexity index is 1290. The molecule has 1 amide bonds. The number of hydrogen-bond acceptors (Lipinski definition) is 4. The number of carboxylic acids is 1. The highest BCUT2D eigenvalue weighted by Crippen LogP contribution is 2.51. The summed E-state index contributed by atoms with van der Waals surface area (Å²) >= 11 is 0.